The molecule has 7 nitrogen and oxygen atoms in total. The van der Waals surface area contributed by atoms with Crippen LogP contribution in [0.2, 0.25) is 0 Å². The van der Waals surface area contributed by atoms with Crippen LogP contribution in [0.15, 0.2) is 29.2 Å². The minimum atomic E-state index is -3.49. The average molecular weight is 386 g/mol. The van der Waals surface area contributed by atoms with Gasteiger partial charge in [0.15, 0.2) is 0 Å². The van der Waals surface area contributed by atoms with E-state index in [1.165, 1.54) is 28.6 Å². The first-order chi connectivity index (χ1) is 11.9. The molecule has 1 aliphatic heterocycles. The van der Waals surface area contributed by atoms with Gasteiger partial charge in [0.1, 0.15) is 0 Å². The summed E-state index contributed by atoms with van der Waals surface area (Å²) in [5.41, 5.74) is 4.96. The van der Waals surface area contributed by atoms with E-state index >= 15 is 0 Å². The molecular formula is C16H23N3O4S2. The van der Waals surface area contributed by atoms with Gasteiger partial charge in [0, 0.05) is 30.8 Å². The Bertz CT molecular complexity index is 699. The van der Waals surface area contributed by atoms with E-state index in [4.69, 9.17) is 0 Å². The van der Waals surface area contributed by atoms with Crippen LogP contribution in [-0.2, 0) is 14.8 Å². The van der Waals surface area contributed by atoms with Crippen molar-refractivity contribution in [1.29, 1.82) is 0 Å². The molecule has 2 amide bonds. The zero-order valence-electron chi connectivity index (χ0n) is 14.2. The van der Waals surface area contributed by atoms with Gasteiger partial charge in [0.25, 0.3) is 5.91 Å². The minimum absolute atomic E-state index is 0.173. The number of hydrogen-bond donors (Lipinski definition) is 2. The zero-order valence-corrected chi connectivity index (χ0v) is 15.8. The number of nitrogens with zero attached hydrogens (tertiary/aromatic N) is 1. The van der Waals surface area contributed by atoms with Crippen molar-refractivity contribution < 1.29 is 18.0 Å². The standard InChI is InChI=1S/C16H23N3O4S2/c1-2-24-12-9-15(20)17-18-16(21)13-5-7-14(8-6-13)25(22,23)19-10-3-4-11-19/h5-8H,2-4,9-12H2,1H3,(H,17,20)(H,18,21). The molecule has 9 heteroatoms. The van der Waals surface area contributed by atoms with E-state index < -0.39 is 15.9 Å². The van der Waals surface area contributed by atoms with Crippen molar-refractivity contribution >= 4 is 33.6 Å². The van der Waals surface area contributed by atoms with Crippen molar-refractivity contribution in [2.45, 2.75) is 31.1 Å². The molecule has 0 bridgehead atoms. The maximum atomic E-state index is 12.4. The van der Waals surface area contributed by atoms with Crippen LogP contribution >= 0.6 is 11.8 Å². The second-order valence-corrected chi connectivity index (χ2v) is 8.92. The van der Waals surface area contributed by atoms with Crippen LogP contribution < -0.4 is 10.9 Å². The minimum Gasteiger partial charge on any atom is -0.273 e. The summed E-state index contributed by atoms with van der Waals surface area (Å²) in [7, 11) is -3.49. The van der Waals surface area contributed by atoms with Crippen molar-refractivity contribution in [3.8, 4) is 0 Å². The second-order valence-electron chi connectivity index (χ2n) is 5.58. The van der Waals surface area contributed by atoms with Crippen molar-refractivity contribution in [2.24, 2.45) is 0 Å². The molecule has 1 saturated heterocycles. The Labute approximate surface area is 152 Å². The van der Waals surface area contributed by atoms with Crippen LogP contribution in [0, 0.1) is 0 Å². The topological polar surface area (TPSA) is 95.6 Å². The molecule has 2 rings (SSSR count). The highest BCUT2D eigenvalue weighted by Crippen LogP contribution is 2.21. The van der Waals surface area contributed by atoms with E-state index in [0.717, 1.165) is 18.6 Å². The number of nitrogens with one attached hydrogen (secondary N) is 2. The van der Waals surface area contributed by atoms with Gasteiger partial charge in [0.05, 0.1) is 4.90 Å². The Balaban J connectivity index is 1.90. The summed E-state index contributed by atoms with van der Waals surface area (Å²) in [6.07, 6.45) is 2.07. The van der Waals surface area contributed by atoms with Gasteiger partial charge in [-0.15, -0.1) is 0 Å². The number of hydrogen-bond acceptors (Lipinski definition) is 5. The predicted octanol–water partition coefficient (Wildman–Crippen LogP) is 1.38. The van der Waals surface area contributed by atoms with E-state index in [1.54, 1.807) is 11.8 Å². The van der Waals surface area contributed by atoms with Gasteiger partial charge < -0.3 is 0 Å². The molecule has 1 heterocycles. The molecule has 0 aliphatic carbocycles. The monoisotopic (exact) mass is 385 g/mol. The fourth-order valence-electron chi connectivity index (χ4n) is 2.43. The molecule has 1 aromatic carbocycles. The Morgan fingerprint density at radius 1 is 1.12 bits per heavy atom. The van der Waals surface area contributed by atoms with Crippen molar-refractivity contribution in [3.63, 3.8) is 0 Å². The summed E-state index contributed by atoms with van der Waals surface area (Å²) in [5.74, 6) is 0.886. The number of carbonyl (C=O) groups is 2. The van der Waals surface area contributed by atoms with E-state index in [2.05, 4.69) is 10.9 Å². The van der Waals surface area contributed by atoms with Gasteiger partial charge >= 0.3 is 0 Å². The number of amides is 2. The highest BCUT2D eigenvalue weighted by molar-refractivity contribution is 7.99. The summed E-state index contributed by atoms with van der Waals surface area (Å²) in [5, 5.41) is 0. The third-order valence-electron chi connectivity index (χ3n) is 3.81. The molecule has 0 aromatic heterocycles. The molecule has 25 heavy (non-hydrogen) atoms. The zero-order chi connectivity index (χ0) is 18.3. The van der Waals surface area contributed by atoms with Crippen molar-refractivity contribution in [1.82, 2.24) is 15.2 Å². The van der Waals surface area contributed by atoms with Crippen LogP contribution in [0.5, 0.6) is 0 Å². The van der Waals surface area contributed by atoms with E-state index in [0.29, 0.717) is 25.3 Å². The fraction of sp³-hybridized carbons (Fsp3) is 0.500. The maximum Gasteiger partial charge on any atom is 0.269 e. The maximum absolute atomic E-state index is 12.4. The summed E-state index contributed by atoms with van der Waals surface area (Å²) in [6.45, 7) is 3.08. The van der Waals surface area contributed by atoms with Crippen LogP contribution in [0.4, 0.5) is 0 Å². The van der Waals surface area contributed by atoms with Crippen LogP contribution in [-0.4, -0.2) is 49.1 Å². The molecule has 2 N–H and O–H groups in total. The first-order valence-electron chi connectivity index (χ1n) is 8.22. The SMILES string of the molecule is CCSCCC(=O)NNC(=O)c1ccc(S(=O)(=O)N2CCCC2)cc1. The lowest BCUT2D eigenvalue weighted by molar-refractivity contribution is -0.121. The van der Waals surface area contributed by atoms with E-state index in [9.17, 15) is 18.0 Å². The Hall–Kier alpha value is -1.58. The number of benzene rings is 1. The van der Waals surface area contributed by atoms with E-state index in [1.807, 2.05) is 6.92 Å². The van der Waals surface area contributed by atoms with Crippen molar-refractivity contribution in [3.05, 3.63) is 29.8 Å². The number of rotatable bonds is 7. The molecule has 0 spiro atoms. The number of sulfonamides is 1. The molecule has 1 aliphatic rings. The Morgan fingerprint density at radius 2 is 1.76 bits per heavy atom. The summed E-state index contributed by atoms with van der Waals surface area (Å²) < 4.78 is 26.3. The van der Waals surface area contributed by atoms with Crippen LogP contribution in [0.3, 0.4) is 0 Å². The van der Waals surface area contributed by atoms with Gasteiger partial charge in [-0.05, 0) is 42.9 Å². The lowest BCUT2D eigenvalue weighted by atomic mass is 10.2. The molecule has 1 fully saturated rings. The molecule has 0 atom stereocenters. The molecular weight excluding hydrogens is 362 g/mol. The number of hydrazine groups is 1. The smallest absolute Gasteiger partial charge is 0.269 e. The highest BCUT2D eigenvalue weighted by atomic mass is 32.2. The third kappa shape index (κ3) is 5.45. The molecule has 1 aromatic rings. The fourth-order valence-corrected chi connectivity index (χ4v) is 4.56. The molecule has 0 saturated carbocycles. The van der Waals surface area contributed by atoms with Gasteiger partial charge in [-0.3, -0.25) is 20.4 Å². The number of carbonyl (C=O) groups excluding carboxylic acids is 2. The number of thioether (sulfide) groups is 1. The Kier molecular flexibility index (Phi) is 7.27. The van der Waals surface area contributed by atoms with Crippen LogP contribution in [0.1, 0.15) is 36.5 Å². The van der Waals surface area contributed by atoms with Gasteiger partial charge in [0.2, 0.25) is 15.9 Å². The largest absolute Gasteiger partial charge is 0.273 e. The quantitative estimate of drug-likeness (QED) is 0.546. The predicted molar refractivity (Wildman–Crippen MR) is 97.7 cm³/mol. The molecule has 138 valence electrons. The lowest BCUT2D eigenvalue weighted by Gasteiger charge is -2.15. The van der Waals surface area contributed by atoms with Gasteiger partial charge in [-0.25, -0.2) is 8.42 Å². The first kappa shape index (κ1) is 19.7. The highest BCUT2D eigenvalue weighted by Gasteiger charge is 2.27. The molecule has 0 unspecified atom stereocenters. The molecule has 0 radical (unpaired) electrons. The summed E-state index contributed by atoms with van der Waals surface area (Å²) >= 11 is 1.65. The lowest BCUT2D eigenvalue weighted by Crippen LogP contribution is -2.41. The van der Waals surface area contributed by atoms with Gasteiger partial charge in [-0.1, -0.05) is 6.92 Å². The van der Waals surface area contributed by atoms with Gasteiger partial charge in [-0.2, -0.15) is 16.1 Å². The summed E-state index contributed by atoms with van der Waals surface area (Å²) in [4.78, 5) is 23.7. The first-order valence-corrected chi connectivity index (χ1v) is 10.8. The Morgan fingerprint density at radius 3 is 2.36 bits per heavy atom. The normalized spacial score (nSPS) is 15.1. The van der Waals surface area contributed by atoms with Crippen molar-refractivity contribution in [2.75, 3.05) is 24.6 Å². The van der Waals surface area contributed by atoms with Crippen LogP contribution in [0.25, 0.3) is 0 Å². The second kappa shape index (κ2) is 9.21. The third-order valence-corrected chi connectivity index (χ3v) is 6.63. The summed E-state index contributed by atoms with van der Waals surface area (Å²) in [6, 6.07) is 5.72. The van der Waals surface area contributed by atoms with E-state index in [-0.39, 0.29) is 16.4 Å². The average Bonchev–Trinajstić information content (AvgIpc) is 3.15.